The van der Waals surface area contributed by atoms with Gasteiger partial charge in [0.25, 0.3) is 0 Å². The first kappa shape index (κ1) is 18.6. The van der Waals surface area contributed by atoms with Gasteiger partial charge in [-0.3, -0.25) is 4.79 Å². The standard InChI is InChI=1S/C20H24NO2S/c1-13(2)23-12-14(3)19(22)17-10-7-9-16(20(17)24-4)15-8-5-6-11-18(15)21/h5-10,13-14H,12,21H2,1-4H3. The third-order valence-electron chi connectivity index (χ3n) is 3.79. The Morgan fingerprint density at radius 2 is 1.92 bits per heavy atom. The molecule has 2 rings (SSSR count). The smallest absolute Gasteiger partial charge is 0.169 e. The number of nitrogen functional groups attached to an aromatic ring is 1. The van der Waals surface area contributed by atoms with E-state index in [0.717, 1.165) is 21.6 Å². The van der Waals surface area contributed by atoms with Gasteiger partial charge in [0.15, 0.2) is 5.78 Å². The molecule has 0 saturated heterocycles. The van der Waals surface area contributed by atoms with Crippen LogP contribution in [0.3, 0.4) is 0 Å². The summed E-state index contributed by atoms with van der Waals surface area (Å²) in [4.78, 5) is 13.8. The van der Waals surface area contributed by atoms with Crippen LogP contribution in [0.4, 0.5) is 5.69 Å². The number of thioether (sulfide) groups is 1. The highest BCUT2D eigenvalue weighted by Crippen LogP contribution is 2.36. The van der Waals surface area contributed by atoms with Gasteiger partial charge in [0, 0.05) is 33.7 Å². The van der Waals surface area contributed by atoms with Crippen molar-refractivity contribution in [3.8, 4) is 11.1 Å². The summed E-state index contributed by atoms with van der Waals surface area (Å²) in [6.07, 6.45) is 2.10. The van der Waals surface area contributed by atoms with E-state index in [9.17, 15) is 4.79 Å². The van der Waals surface area contributed by atoms with Crippen molar-refractivity contribution in [1.82, 2.24) is 0 Å². The van der Waals surface area contributed by atoms with E-state index in [2.05, 4.69) is 6.07 Å². The molecule has 1 atom stereocenters. The normalized spacial score (nSPS) is 12.4. The maximum Gasteiger partial charge on any atom is 0.169 e. The molecule has 0 aliphatic carbocycles. The van der Waals surface area contributed by atoms with Gasteiger partial charge in [-0.25, -0.2) is 0 Å². The summed E-state index contributed by atoms with van der Waals surface area (Å²) in [6.45, 7) is 6.28. The van der Waals surface area contributed by atoms with Gasteiger partial charge in [0.2, 0.25) is 0 Å². The zero-order valence-electron chi connectivity index (χ0n) is 14.6. The molecule has 4 heteroatoms. The van der Waals surface area contributed by atoms with Crippen LogP contribution >= 0.6 is 11.8 Å². The summed E-state index contributed by atoms with van der Waals surface area (Å²) in [5.41, 5.74) is 9.27. The second-order valence-corrected chi connectivity index (χ2v) is 6.85. The summed E-state index contributed by atoms with van der Waals surface area (Å²) < 4.78 is 5.60. The predicted molar refractivity (Wildman–Crippen MR) is 101 cm³/mol. The molecule has 2 aromatic carbocycles. The van der Waals surface area contributed by atoms with E-state index >= 15 is 0 Å². The van der Waals surface area contributed by atoms with Crippen LogP contribution in [0.5, 0.6) is 0 Å². The molecule has 24 heavy (non-hydrogen) atoms. The number of rotatable bonds is 7. The number of nitrogens with two attached hydrogens (primary N) is 1. The van der Waals surface area contributed by atoms with Gasteiger partial charge in [-0.1, -0.05) is 43.3 Å². The average molecular weight is 342 g/mol. The number of anilines is 1. The minimum Gasteiger partial charge on any atom is -0.398 e. The second kappa shape index (κ2) is 8.36. The number of benzene rings is 2. The van der Waals surface area contributed by atoms with Crippen LogP contribution in [-0.2, 0) is 4.74 Å². The second-order valence-electron chi connectivity index (χ2n) is 6.03. The topological polar surface area (TPSA) is 52.3 Å². The van der Waals surface area contributed by atoms with Crippen LogP contribution < -0.4 is 5.73 Å². The molecule has 0 spiro atoms. The summed E-state index contributed by atoms with van der Waals surface area (Å²) in [5.74, 6) is -0.0893. The Bertz CT molecular complexity index is 713. The number of hydrogen-bond donors (Lipinski definition) is 1. The number of Topliss-reactive ketones (excluding diaryl/α,β-unsaturated/α-hetero) is 1. The van der Waals surface area contributed by atoms with Crippen molar-refractivity contribution in [3.63, 3.8) is 0 Å². The van der Waals surface area contributed by atoms with Gasteiger partial charge >= 0.3 is 0 Å². The highest BCUT2D eigenvalue weighted by Gasteiger charge is 2.21. The predicted octanol–water partition coefficient (Wildman–Crippen LogP) is 4.70. The van der Waals surface area contributed by atoms with Gasteiger partial charge in [0.1, 0.15) is 0 Å². The van der Waals surface area contributed by atoms with Crippen molar-refractivity contribution < 1.29 is 9.53 Å². The van der Waals surface area contributed by atoms with Crippen LogP contribution in [0.1, 0.15) is 31.1 Å². The summed E-state index contributed by atoms with van der Waals surface area (Å²) in [5, 5.41) is 0. The molecule has 0 fully saturated rings. The minimum absolute atomic E-state index is 0.0975. The molecule has 2 N–H and O–H groups in total. The lowest BCUT2D eigenvalue weighted by Gasteiger charge is -2.17. The molecule has 0 aromatic heterocycles. The highest BCUT2D eigenvalue weighted by molar-refractivity contribution is 7.98. The fourth-order valence-corrected chi connectivity index (χ4v) is 3.31. The van der Waals surface area contributed by atoms with Crippen molar-refractivity contribution in [1.29, 1.82) is 0 Å². The molecule has 0 aliphatic rings. The number of carbonyl (C=O) groups excluding carboxylic acids is 1. The van der Waals surface area contributed by atoms with Crippen molar-refractivity contribution in [2.45, 2.75) is 31.8 Å². The fraction of sp³-hybridized carbons (Fsp3) is 0.350. The fourth-order valence-electron chi connectivity index (χ4n) is 2.53. The monoisotopic (exact) mass is 342 g/mol. The lowest BCUT2D eigenvalue weighted by Crippen LogP contribution is -2.20. The third-order valence-corrected chi connectivity index (χ3v) is 4.64. The Labute approximate surface area is 148 Å². The highest BCUT2D eigenvalue weighted by atomic mass is 32.2. The van der Waals surface area contributed by atoms with Crippen LogP contribution in [0, 0.1) is 12.0 Å². The number of ketones is 1. The van der Waals surface area contributed by atoms with Gasteiger partial charge in [0.05, 0.1) is 12.7 Å². The molecule has 0 heterocycles. The Kier molecular flexibility index (Phi) is 6.46. The SMILES string of the molecule is CSc1c(C(=O)C(C)COC(C)C)cccc1-c1ccc[c]c1N. The summed E-state index contributed by atoms with van der Waals surface area (Å²) >= 11 is 1.56. The maximum absolute atomic E-state index is 12.9. The Hall–Kier alpha value is -1.78. The quantitative estimate of drug-likeness (QED) is 0.450. The summed E-state index contributed by atoms with van der Waals surface area (Å²) in [7, 11) is 0. The molecule has 2 aromatic rings. The molecule has 1 unspecified atom stereocenters. The number of para-hydroxylation sites is 1. The zero-order valence-corrected chi connectivity index (χ0v) is 15.4. The van der Waals surface area contributed by atoms with Crippen LogP contribution in [0.25, 0.3) is 11.1 Å². The van der Waals surface area contributed by atoms with Gasteiger partial charge in [-0.15, -0.1) is 11.8 Å². The molecule has 3 nitrogen and oxygen atoms in total. The van der Waals surface area contributed by atoms with Gasteiger partial charge in [-0.05, 0) is 25.7 Å². The van der Waals surface area contributed by atoms with Crippen LogP contribution in [-0.4, -0.2) is 24.7 Å². The molecule has 0 aliphatic heterocycles. The lowest BCUT2D eigenvalue weighted by atomic mass is 9.95. The largest absolute Gasteiger partial charge is 0.398 e. The Morgan fingerprint density at radius 1 is 1.21 bits per heavy atom. The first-order chi connectivity index (χ1) is 11.5. The van der Waals surface area contributed by atoms with Crippen molar-refractivity contribution in [2.75, 3.05) is 18.6 Å². The van der Waals surface area contributed by atoms with Crippen molar-refractivity contribution in [3.05, 3.63) is 48.0 Å². The van der Waals surface area contributed by atoms with Crippen LogP contribution in [0.2, 0.25) is 0 Å². The minimum atomic E-state index is -0.187. The van der Waals surface area contributed by atoms with Gasteiger partial charge in [-0.2, -0.15) is 0 Å². The van der Waals surface area contributed by atoms with E-state index in [1.807, 2.05) is 57.4 Å². The lowest BCUT2D eigenvalue weighted by molar-refractivity contribution is 0.0489. The Balaban J connectivity index is 2.40. The Morgan fingerprint density at radius 3 is 2.54 bits per heavy atom. The molecule has 0 amide bonds. The van der Waals surface area contributed by atoms with E-state index in [4.69, 9.17) is 10.5 Å². The summed E-state index contributed by atoms with van der Waals surface area (Å²) in [6, 6.07) is 14.5. The first-order valence-electron chi connectivity index (χ1n) is 8.05. The molecule has 0 bridgehead atoms. The van der Waals surface area contributed by atoms with Crippen LogP contribution in [0.15, 0.2) is 41.3 Å². The number of carbonyl (C=O) groups is 1. The van der Waals surface area contributed by atoms with Gasteiger partial charge < -0.3 is 10.5 Å². The van der Waals surface area contributed by atoms with E-state index in [-0.39, 0.29) is 17.8 Å². The first-order valence-corrected chi connectivity index (χ1v) is 9.27. The molecular formula is C20H24NO2S. The number of ether oxygens (including phenoxy) is 1. The molecule has 0 saturated carbocycles. The van der Waals surface area contributed by atoms with E-state index < -0.39 is 0 Å². The maximum atomic E-state index is 12.9. The number of hydrogen-bond acceptors (Lipinski definition) is 4. The molecular weight excluding hydrogens is 318 g/mol. The average Bonchev–Trinajstić information content (AvgIpc) is 2.58. The van der Waals surface area contributed by atoms with E-state index in [1.165, 1.54) is 0 Å². The molecule has 1 radical (unpaired) electrons. The van der Waals surface area contributed by atoms with Crippen molar-refractivity contribution >= 4 is 23.2 Å². The van der Waals surface area contributed by atoms with Crippen molar-refractivity contribution in [2.24, 2.45) is 5.92 Å². The molecule has 127 valence electrons. The van der Waals surface area contributed by atoms with E-state index in [0.29, 0.717) is 12.3 Å². The zero-order chi connectivity index (χ0) is 17.7. The van der Waals surface area contributed by atoms with E-state index in [1.54, 1.807) is 17.8 Å². The third kappa shape index (κ3) is 4.19.